The molecule has 34 heavy (non-hydrogen) atoms. The number of anilines is 1. The summed E-state index contributed by atoms with van der Waals surface area (Å²) in [6, 6.07) is 15.8. The van der Waals surface area contributed by atoms with E-state index in [4.69, 9.17) is 4.74 Å². The third kappa shape index (κ3) is 3.54. The first-order valence-electron chi connectivity index (χ1n) is 11.2. The van der Waals surface area contributed by atoms with Gasteiger partial charge in [0.2, 0.25) is 5.91 Å². The van der Waals surface area contributed by atoms with E-state index >= 15 is 0 Å². The van der Waals surface area contributed by atoms with Gasteiger partial charge in [0, 0.05) is 17.0 Å². The number of carboxylic acids is 1. The third-order valence-corrected chi connectivity index (χ3v) is 11.6. The van der Waals surface area contributed by atoms with Gasteiger partial charge < -0.3 is 24.7 Å². The highest BCUT2D eigenvalue weighted by atomic mass is 32.3. The summed E-state index contributed by atoms with van der Waals surface area (Å²) in [7, 11) is -2.60. The molecule has 0 radical (unpaired) electrons. The zero-order valence-electron chi connectivity index (χ0n) is 19.5. The number of aliphatic carboxylic acids is 1. The number of ether oxygens (including phenoxy) is 1. The van der Waals surface area contributed by atoms with Crippen LogP contribution in [0.2, 0.25) is 0 Å². The summed E-state index contributed by atoms with van der Waals surface area (Å²) in [6.45, 7) is 5.98. The smallest absolute Gasteiger partial charge is 0.327 e. The van der Waals surface area contributed by atoms with E-state index in [9.17, 15) is 24.6 Å². The van der Waals surface area contributed by atoms with E-state index in [2.05, 4.69) is 0 Å². The van der Waals surface area contributed by atoms with Gasteiger partial charge in [-0.1, -0.05) is 30.3 Å². The summed E-state index contributed by atoms with van der Waals surface area (Å²) < 4.78 is 4.75. The van der Waals surface area contributed by atoms with Crippen molar-refractivity contribution in [2.24, 2.45) is 0 Å². The Hall–Kier alpha value is -3.04. The monoisotopic (exact) mass is 486 g/mol. The molecule has 3 atom stereocenters. The predicted octanol–water partition coefficient (Wildman–Crippen LogP) is 3.77. The molecule has 1 unspecified atom stereocenters. The molecule has 0 saturated carbocycles. The van der Waals surface area contributed by atoms with Gasteiger partial charge in [0.05, 0.1) is 17.7 Å². The number of carbonyl (C=O) groups excluding carboxylic acids is 2. The number of nitrogens with zero attached hydrogens (tertiary/aromatic N) is 2. The Bertz CT molecular complexity index is 1090. The molecule has 2 aromatic rings. The number of carbonyl (C=O) groups is 3. The molecule has 2 aliphatic heterocycles. The van der Waals surface area contributed by atoms with Crippen LogP contribution in [0.1, 0.15) is 32.8 Å². The van der Waals surface area contributed by atoms with E-state index in [0.717, 1.165) is 5.56 Å². The molecule has 2 saturated heterocycles. The number of hydrogen-bond acceptors (Lipinski definition) is 5. The van der Waals surface area contributed by atoms with Crippen molar-refractivity contribution in [3.05, 3.63) is 60.2 Å². The van der Waals surface area contributed by atoms with Crippen LogP contribution in [0.4, 0.5) is 10.5 Å². The van der Waals surface area contributed by atoms with Crippen molar-refractivity contribution >= 4 is 32.8 Å². The molecular weight excluding hydrogens is 456 g/mol. The lowest BCUT2D eigenvalue weighted by Crippen LogP contribution is -2.57. The van der Waals surface area contributed by atoms with Crippen molar-refractivity contribution < 1.29 is 29.3 Å². The largest absolute Gasteiger partial charge is 0.489 e. The number of amides is 2. The second kappa shape index (κ2) is 8.96. The van der Waals surface area contributed by atoms with Crippen LogP contribution in [-0.4, -0.2) is 60.9 Å². The molecule has 2 N–H and O–H groups in total. The molecule has 2 fully saturated rings. The summed E-state index contributed by atoms with van der Waals surface area (Å²) in [6.07, 6.45) is 0.0820. The third-order valence-electron chi connectivity index (χ3n) is 6.97. The minimum Gasteiger partial charge on any atom is -0.489 e. The fourth-order valence-corrected chi connectivity index (χ4v) is 9.37. The Morgan fingerprint density at radius 3 is 2.29 bits per heavy atom. The van der Waals surface area contributed by atoms with Crippen molar-refractivity contribution in [1.82, 2.24) is 4.90 Å². The van der Waals surface area contributed by atoms with E-state index in [-0.39, 0.29) is 17.6 Å². The summed E-state index contributed by atoms with van der Waals surface area (Å²) in [5.41, 5.74) is 1.67. The second-order valence-corrected chi connectivity index (χ2v) is 12.8. The lowest BCUT2D eigenvalue weighted by atomic mass is 9.98. The first-order valence-corrected chi connectivity index (χ1v) is 13.1. The number of aliphatic hydroxyl groups is 1. The highest BCUT2D eigenvalue weighted by Gasteiger charge is 2.72. The molecule has 2 amide bonds. The molecule has 0 spiro atoms. The summed E-state index contributed by atoms with van der Waals surface area (Å²) in [5.74, 6) is -1.25. The van der Waals surface area contributed by atoms with Crippen molar-refractivity contribution in [3.8, 4) is 5.75 Å². The fourth-order valence-electron chi connectivity index (χ4n) is 5.07. The maximum Gasteiger partial charge on any atom is 0.327 e. The lowest BCUT2D eigenvalue weighted by Gasteiger charge is -2.50. The molecule has 182 valence electrons. The minimum atomic E-state index is -2.60. The van der Waals surface area contributed by atoms with Gasteiger partial charge in [-0.2, -0.15) is 0 Å². The topological polar surface area (TPSA) is 107 Å². The van der Waals surface area contributed by atoms with E-state index in [1.807, 2.05) is 37.3 Å². The van der Waals surface area contributed by atoms with E-state index < -0.39 is 38.1 Å². The van der Waals surface area contributed by atoms with Crippen LogP contribution in [0.25, 0.3) is 0 Å². The second-order valence-electron chi connectivity index (χ2n) is 9.00. The predicted molar refractivity (Wildman–Crippen MR) is 131 cm³/mol. The number of benzene rings is 2. The van der Waals surface area contributed by atoms with Crippen LogP contribution in [0.15, 0.2) is 54.6 Å². The maximum atomic E-state index is 14.0. The lowest BCUT2D eigenvalue weighted by molar-refractivity contribution is -0.157. The van der Waals surface area contributed by atoms with Gasteiger partial charge in [-0.15, -0.1) is 10.0 Å². The summed E-state index contributed by atoms with van der Waals surface area (Å²) >= 11 is 0. The highest BCUT2D eigenvalue weighted by molar-refractivity contribution is 8.46. The van der Waals surface area contributed by atoms with Gasteiger partial charge in [0.15, 0.2) is 0 Å². The molecule has 2 heterocycles. The first kappa shape index (κ1) is 24.1. The zero-order valence-corrected chi connectivity index (χ0v) is 20.3. The summed E-state index contributed by atoms with van der Waals surface area (Å²) in [4.78, 5) is 41.3. The molecule has 8 nitrogen and oxygen atoms in total. The summed E-state index contributed by atoms with van der Waals surface area (Å²) in [5, 5.41) is 19.6. The van der Waals surface area contributed by atoms with Crippen LogP contribution >= 0.6 is 10.0 Å². The number of carboxylic acid groups (broad SMARTS) is 1. The first-order chi connectivity index (χ1) is 16.2. The molecule has 0 bridgehead atoms. The Morgan fingerprint density at radius 2 is 1.79 bits per heavy atom. The van der Waals surface area contributed by atoms with Crippen LogP contribution in [0.3, 0.4) is 0 Å². The number of rotatable bonds is 7. The van der Waals surface area contributed by atoms with Gasteiger partial charge in [-0.05, 0) is 50.6 Å². The number of aliphatic hydroxyl groups excluding tert-OH is 1. The molecule has 2 aliphatic rings. The average molecular weight is 487 g/mol. The van der Waals surface area contributed by atoms with Crippen molar-refractivity contribution in [1.29, 1.82) is 0 Å². The fraction of sp³-hybridized carbons (Fsp3) is 0.400. The maximum absolute atomic E-state index is 14.0. The van der Waals surface area contributed by atoms with Gasteiger partial charge in [-0.25, -0.2) is 4.79 Å². The zero-order chi connectivity index (χ0) is 24.7. The Balaban J connectivity index is 1.60. The van der Waals surface area contributed by atoms with Gasteiger partial charge in [0.25, 0.3) is 5.24 Å². The van der Waals surface area contributed by atoms with E-state index in [1.54, 1.807) is 43.0 Å². The van der Waals surface area contributed by atoms with Crippen LogP contribution in [0, 0.1) is 0 Å². The van der Waals surface area contributed by atoms with Gasteiger partial charge >= 0.3 is 5.97 Å². The minimum absolute atomic E-state index is 0.0820. The SMILES string of the molecule is CCN(C(=O)S1(CO)[C@@H]2CC(=O)N2[C@@H](C(=O)O)C1(C)C)c1ccc(OCc2ccccc2)cc1. The Labute approximate surface area is 200 Å². The average Bonchev–Trinajstić information content (AvgIpc) is 2.99. The molecule has 0 aromatic heterocycles. The molecule has 9 heteroatoms. The normalized spacial score (nSPS) is 26.7. The van der Waals surface area contributed by atoms with Crippen LogP contribution in [-0.2, 0) is 16.2 Å². The van der Waals surface area contributed by atoms with E-state index in [0.29, 0.717) is 24.6 Å². The molecule has 2 aromatic carbocycles. The van der Waals surface area contributed by atoms with Gasteiger partial charge in [-0.3, -0.25) is 9.59 Å². The molecule has 4 rings (SSSR count). The van der Waals surface area contributed by atoms with Crippen molar-refractivity contribution in [2.75, 3.05) is 17.4 Å². The highest BCUT2D eigenvalue weighted by Crippen LogP contribution is 2.74. The molecule has 0 aliphatic carbocycles. The quantitative estimate of drug-likeness (QED) is 0.577. The van der Waals surface area contributed by atoms with E-state index in [1.165, 1.54) is 4.90 Å². The van der Waals surface area contributed by atoms with Crippen LogP contribution < -0.4 is 9.64 Å². The Morgan fingerprint density at radius 1 is 1.15 bits per heavy atom. The number of fused-ring (bicyclic) bond motifs is 1. The van der Waals surface area contributed by atoms with Gasteiger partial charge in [0.1, 0.15) is 18.4 Å². The number of β-lactam (4-membered cyclic amide) rings is 1. The van der Waals surface area contributed by atoms with Crippen molar-refractivity contribution in [2.45, 2.75) is 50.0 Å². The Kier molecular flexibility index (Phi) is 6.35. The van der Waals surface area contributed by atoms with Crippen LogP contribution in [0.5, 0.6) is 5.75 Å². The number of hydrogen-bond donors (Lipinski definition) is 2. The van der Waals surface area contributed by atoms with Crippen molar-refractivity contribution in [3.63, 3.8) is 0 Å². The standard InChI is InChI=1S/C25H30N2O6S/c1-4-26(18-10-12-19(13-11-18)33-15-17-8-6-5-7-9-17)24(32)34(16-28)21-14-20(29)27(21)22(23(30)31)25(34,2)3/h5-13,21-22,28H,4,14-16H2,1-3H3,(H,30,31)/t21-,22+/m1/s1. The molecular formula is C25H30N2O6S.